The minimum absolute atomic E-state index is 0.0450. The molecule has 22 heavy (non-hydrogen) atoms. The van der Waals surface area contributed by atoms with Crippen LogP contribution in [0.4, 0.5) is 0 Å². The summed E-state index contributed by atoms with van der Waals surface area (Å²) in [5.41, 5.74) is 0. The van der Waals surface area contributed by atoms with Crippen molar-refractivity contribution in [1.82, 2.24) is 10.6 Å². The molecule has 0 fully saturated rings. The first-order valence-electron chi connectivity index (χ1n) is 7.46. The van der Waals surface area contributed by atoms with Gasteiger partial charge in [-0.2, -0.15) is 0 Å². The maximum Gasteiger partial charge on any atom is 0.107 e. The summed E-state index contributed by atoms with van der Waals surface area (Å²) in [5, 5.41) is 20.1. The van der Waals surface area contributed by atoms with Crippen LogP contribution in [0.2, 0.25) is 0 Å². The highest BCUT2D eigenvalue weighted by Crippen LogP contribution is 2.35. The molecule has 0 aromatic carbocycles. The van der Waals surface area contributed by atoms with Gasteiger partial charge < -0.3 is 15.2 Å². The standard InChI is InChI=1S/C16H24N2O2S2/c1-17-8-7-12(14-5-3-9-21-14)20-13(11-16(19)18-2)15-6-4-10-22-15/h3-6,9-10,12-13,16-19H,7-8,11H2,1-2H3/t12-,13-,16?/m0/s1. The van der Waals surface area contributed by atoms with Gasteiger partial charge in [-0.05, 0) is 50.0 Å². The molecule has 1 unspecified atom stereocenters. The Balaban J connectivity index is 2.11. The molecule has 0 spiro atoms. The number of rotatable bonds is 10. The zero-order chi connectivity index (χ0) is 15.8. The van der Waals surface area contributed by atoms with Crippen molar-refractivity contribution in [2.24, 2.45) is 0 Å². The molecule has 0 aliphatic carbocycles. The normalized spacial score (nSPS) is 15.6. The van der Waals surface area contributed by atoms with Gasteiger partial charge in [0, 0.05) is 16.2 Å². The molecule has 0 saturated heterocycles. The van der Waals surface area contributed by atoms with Crippen LogP contribution in [0, 0.1) is 0 Å². The molecular formula is C16H24N2O2S2. The second-order valence-electron chi connectivity index (χ2n) is 5.08. The van der Waals surface area contributed by atoms with Gasteiger partial charge in [0.25, 0.3) is 0 Å². The van der Waals surface area contributed by atoms with Crippen LogP contribution in [-0.4, -0.2) is 32.0 Å². The van der Waals surface area contributed by atoms with Crippen molar-refractivity contribution in [3.8, 4) is 0 Å². The van der Waals surface area contributed by atoms with E-state index in [0.717, 1.165) is 17.8 Å². The monoisotopic (exact) mass is 340 g/mol. The highest BCUT2D eigenvalue weighted by Gasteiger charge is 2.23. The first-order chi connectivity index (χ1) is 10.7. The van der Waals surface area contributed by atoms with Crippen LogP contribution in [0.5, 0.6) is 0 Å². The molecule has 0 saturated carbocycles. The van der Waals surface area contributed by atoms with E-state index in [4.69, 9.17) is 4.74 Å². The molecule has 2 aromatic heterocycles. The van der Waals surface area contributed by atoms with Gasteiger partial charge in [0.1, 0.15) is 6.23 Å². The van der Waals surface area contributed by atoms with Crippen LogP contribution in [0.1, 0.15) is 34.8 Å². The van der Waals surface area contributed by atoms with E-state index < -0.39 is 6.23 Å². The third-order valence-electron chi connectivity index (χ3n) is 3.48. The van der Waals surface area contributed by atoms with E-state index >= 15 is 0 Å². The second kappa shape index (κ2) is 9.39. The van der Waals surface area contributed by atoms with Gasteiger partial charge in [0.2, 0.25) is 0 Å². The van der Waals surface area contributed by atoms with Gasteiger partial charge in [-0.25, -0.2) is 0 Å². The molecule has 0 aliphatic heterocycles. The highest BCUT2D eigenvalue weighted by molar-refractivity contribution is 7.10. The molecule has 6 heteroatoms. The molecule has 0 amide bonds. The average molecular weight is 341 g/mol. The number of hydrogen-bond donors (Lipinski definition) is 3. The van der Waals surface area contributed by atoms with Crippen molar-refractivity contribution in [3.63, 3.8) is 0 Å². The second-order valence-corrected chi connectivity index (χ2v) is 7.04. The van der Waals surface area contributed by atoms with E-state index in [1.54, 1.807) is 29.7 Å². The molecule has 3 atom stereocenters. The van der Waals surface area contributed by atoms with Gasteiger partial charge in [-0.15, -0.1) is 22.7 Å². The SMILES string of the molecule is CNCC[C@H](O[C@@H](CC(O)NC)c1cccs1)c1cccs1. The van der Waals surface area contributed by atoms with Gasteiger partial charge in [-0.1, -0.05) is 12.1 Å². The molecular weight excluding hydrogens is 316 g/mol. The zero-order valence-corrected chi connectivity index (χ0v) is 14.6. The Bertz CT molecular complexity index is 502. The van der Waals surface area contributed by atoms with Crippen molar-refractivity contribution in [2.45, 2.75) is 31.3 Å². The topological polar surface area (TPSA) is 53.5 Å². The molecule has 0 bridgehead atoms. The van der Waals surface area contributed by atoms with Crippen molar-refractivity contribution in [1.29, 1.82) is 0 Å². The Kier molecular flexibility index (Phi) is 7.51. The summed E-state index contributed by atoms with van der Waals surface area (Å²) >= 11 is 3.39. The fraction of sp³-hybridized carbons (Fsp3) is 0.500. The number of nitrogens with one attached hydrogen (secondary N) is 2. The fourth-order valence-corrected chi connectivity index (χ4v) is 3.83. The predicted molar refractivity (Wildman–Crippen MR) is 93.4 cm³/mol. The molecule has 0 radical (unpaired) electrons. The summed E-state index contributed by atoms with van der Waals surface area (Å²) < 4.78 is 6.39. The van der Waals surface area contributed by atoms with E-state index in [1.165, 1.54) is 4.88 Å². The van der Waals surface area contributed by atoms with E-state index in [0.29, 0.717) is 6.42 Å². The van der Waals surface area contributed by atoms with Crippen molar-refractivity contribution in [3.05, 3.63) is 44.8 Å². The molecule has 4 nitrogen and oxygen atoms in total. The van der Waals surface area contributed by atoms with Gasteiger partial charge in [0.15, 0.2) is 0 Å². The molecule has 122 valence electrons. The van der Waals surface area contributed by atoms with E-state index in [-0.39, 0.29) is 12.2 Å². The predicted octanol–water partition coefficient (Wildman–Crippen LogP) is 3.15. The number of thiophene rings is 2. The first-order valence-corrected chi connectivity index (χ1v) is 9.22. The number of ether oxygens (including phenoxy) is 1. The molecule has 2 aromatic rings. The van der Waals surface area contributed by atoms with E-state index in [2.05, 4.69) is 34.2 Å². The smallest absolute Gasteiger partial charge is 0.107 e. The third-order valence-corrected chi connectivity index (χ3v) is 5.41. The summed E-state index contributed by atoms with van der Waals surface area (Å²) in [6.07, 6.45) is 0.822. The Labute approximate surface area is 140 Å². The van der Waals surface area contributed by atoms with Crippen LogP contribution in [0.3, 0.4) is 0 Å². The summed E-state index contributed by atoms with van der Waals surface area (Å²) in [5.74, 6) is 0. The van der Waals surface area contributed by atoms with E-state index in [1.807, 2.05) is 18.5 Å². The Morgan fingerprint density at radius 1 is 1.09 bits per heavy atom. The van der Waals surface area contributed by atoms with Crippen LogP contribution in [-0.2, 0) is 4.74 Å². The zero-order valence-electron chi connectivity index (χ0n) is 13.0. The van der Waals surface area contributed by atoms with Crippen molar-refractivity contribution in [2.75, 3.05) is 20.6 Å². The number of aliphatic hydroxyl groups is 1. The first kappa shape index (κ1) is 17.6. The lowest BCUT2D eigenvalue weighted by atomic mass is 10.1. The van der Waals surface area contributed by atoms with E-state index in [9.17, 15) is 5.11 Å². The van der Waals surface area contributed by atoms with Crippen molar-refractivity contribution >= 4 is 22.7 Å². The lowest BCUT2D eigenvalue weighted by Crippen LogP contribution is -2.28. The Morgan fingerprint density at radius 2 is 1.73 bits per heavy atom. The highest BCUT2D eigenvalue weighted by atomic mass is 32.1. The summed E-state index contributed by atoms with van der Waals surface area (Å²) in [4.78, 5) is 2.39. The summed E-state index contributed by atoms with van der Waals surface area (Å²) in [6.45, 7) is 0.897. The van der Waals surface area contributed by atoms with Gasteiger partial charge >= 0.3 is 0 Å². The van der Waals surface area contributed by atoms with Crippen molar-refractivity contribution < 1.29 is 9.84 Å². The summed E-state index contributed by atoms with van der Waals surface area (Å²) in [7, 11) is 3.71. The Hall–Kier alpha value is -0.760. The van der Waals surface area contributed by atoms with Crippen LogP contribution in [0.25, 0.3) is 0 Å². The lowest BCUT2D eigenvalue weighted by molar-refractivity contribution is -0.0433. The average Bonchev–Trinajstić information content (AvgIpc) is 3.23. The lowest BCUT2D eigenvalue weighted by Gasteiger charge is -2.25. The number of hydrogen-bond acceptors (Lipinski definition) is 6. The minimum Gasteiger partial charge on any atom is -0.379 e. The molecule has 0 aliphatic rings. The number of aliphatic hydroxyl groups excluding tert-OH is 1. The molecule has 2 heterocycles. The van der Waals surface area contributed by atoms with Gasteiger partial charge in [-0.3, -0.25) is 5.32 Å². The molecule has 2 rings (SSSR count). The largest absolute Gasteiger partial charge is 0.379 e. The van der Waals surface area contributed by atoms with Gasteiger partial charge in [0.05, 0.1) is 12.2 Å². The van der Waals surface area contributed by atoms with Crippen LogP contribution < -0.4 is 10.6 Å². The van der Waals surface area contributed by atoms with Crippen LogP contribution in [0.15, 0.2) is 35.0 Å². The maximum absolute atomic E-state index is 9.95. The maximum atomic E-state index is 9.95. The Morgan fingerprint density at radius 3 is 2.23 bits per heavy atom. The third kappa shape index (κ3) is 5.15. The quantitative estimate of drug-likeness (QED) is 0.582. The summed E-state index contributed by atoms with van der Waals surface area (Å²) in [6, 6.07) is 8.26. The fourth-order valence-electron chi connectivity index (χ4n) is 2.26. The minimum atomic E-state index is -0.569. The van der Waals surface area contributed by atoms with Crippen LogP contribution >= 0.6 is 22.7 Å². The molecule has 3 N–H and O–H groups in total.